The summed E-state index contributed by atoms with van der Waals surface area (Å²) in [6.07, 6.45) is 0. The standard InChI is InChI=1S/C15H19ClN4O2/c1-8(2)7-20(15(17)22)9(3)13-11-5-4-10(16)6-12(11)14(21)19-18-13/h4-6,8-9H,7H2,1-3H3,(H2,17,22)(H,19,21). The molecule has 2 amide bonds. The Bertz CT molecular complexity index is 757. The van der Waals surface area contributed by atoms with Crippen LogP contribution in [0.15, 0.2) is 23.0 Å². The first-order chi connectivity index (χ1) is 10.3. The molecule has 0 saturated heterocycles. The van der Waals surface area contributed by atoms with E-state index in [-0.39, 0.29) is 17.5 Å². The summed E-state index contributed by atoms with van der Waals surface area (Å²) in [6.45, 7) is 6.34. The van der Waals surface area contributed by atoms with E-state index < -0.39 is 6.03 Å². The van der Waals surface area contributed by atoms with E-state index in [9.17, 15) is 9.59 Å². The van der Waals surface area contributed by atoms with Crippen molar-refractivity contribution >= 4 is 28.4 Å². The lowest BCUT2D eigenvalue weighted by atomic mass is 10.0. The molecule has 0 aliphatic carbocycles. The summed E-state index contributed by atoms with van der Waals surface area (Å²) < 4.78 is 0. The van der Waals surface area contributed by atoms with E-state index in [1.807, 2.05) is 20.8 Å². The molecule has 1 heterocycles. The summed E-state index contributed by atoms with van der Waals surface area (Å²) in [5.41, 5.74) is 5.76. The van der Waals surface area contributed by atoms with Gasteiger partial charge >= 0.3 is 6.03 Å². The highest BCUT2D eigenvalue weighted by Crippen LogP contribution is 2.26. The number of aromatic amines is 1. The maximum absolute atomic E-state index is 11.9. The molecule has 2 aromatic rings. The van der Waals surface area contributed by atoms with Crippen LogP contribution < -0.4 is 11.3 Å². The number of fused-ring (bicyclic) bond motifs is 1. The number of hydrogen-bond acceptors (Lipinski definition) is 3. The van der Waals surface area contributed by atoms with Gasteiger partial charge in [0.05, 0.1) is 17.1 Å². The minimum atomic E-state index is -0.517. The van der Waals surface area contributed by atoms with Crippen LogP contribution in [0.4, 0.5) is 4.79 Å². The third kappa shape index (κ3) is 3.22. The second-order valence-electron chi connectivity index (χ2n) is 5.69. The molecular weight excluding hydrogens is 304 g/mol. The molecule has 1 atom stereocenters. The Morgan fingerprint density at radius 3 is 2.64 bits per heavy atom. The molecule has 6 nitrogen and oxygen atoms in total. The number of carbonyl (C=O) groups is 1. The molecule has 0 radical (unpaired) electrons. The minimum Gasteiger partial charge on any atom is -0.351 e. The molecule has 0 saturated carbocycles. The van der Waals surface area contributed by atoms with Gasteiger partial charge in [0.25, 0.3) is 5.56 Å². The number of primary amides is 1. The molecule has 3 N–H and O–H groups in total. The van der Waals surface area contributed by atoms with Crippen LogP contribution in [0.1, 0.15) is 32.5 Å². The third-order valence-corrected chi connectivity index (χ3v) is 3.72. The highest BCUT2D eigenvalue weighted by atomic mass is 35.5. The maximum atomic E-state index is 11.9. The van der Waals surface area contributed by atoms with Crippen molar-refractivity contribution in [3.63, 3.8) is 0 Å². The first-order valence-corrected chi connectivity index (χ1v) is 7.43. The molecule has 0 spiro atoms. The second kappa shape index (κ2) is 6.36. The van der Waals surface area contributed by atoms with Crippen molar-refractivity contribution in [3.8, 4) is 0 Å². The number of carbonyl (C=O) groups excluding carboxylic acids is 1. The van der Waals surface area contributed by atoms with Crippen LogP contribution in [0.25, 0.3) is 10.8 Å². The first-order valence-electron chi connectivity index (χ1n) is 7.05. The van der Waals surface area contributed by atoms with E-state index in [0.717, 1.165) is 0 Å². The first kappa shape index (κ1) is 16.3. The van der Waals surface area contributed by atoms with Gasteiger partial charge in [-0.25, -0.2) is 9.89 Å². The number of rotatable bonds is 4. The Morgan fingerprint density at radius 1 is 1.36 bits per heavy atom. The number of halogens is 1. The number of nitrogens with one attached hydrogen (secondary N) is 1. The maximum Gasteiger partial charge on any atom is 0.315 e. The number of amides is 2. The van der Waals surface area contributed by atoms with E-state index in [1.54, 1.807) is 23.1 Å². The molecule has 2 rings (SSSR count). The van der Waals surface area contributed by atoms with Crippen LogP contribution in [-0.2, 0) is 0 Å². The van der Waals surface area contributed by atoms with Gasteiger partial charge in [-0.1, -0.05) is 31.5 Å². The van der Waals surface area contributed by atoms with Gasteiger partial charge in [-0.15, -0.1) is 0 Å². The predicted molar refractivity (Wildman–Crippen MR) is 86.9 cm³/mol. The summed E-state index contributed by atoms with van der Waals surface area (Å²) in [5, 5.41) is 8.15. The SMILES string of the molecule is CC(C)CN(C(N)=O)C(C)c1n[nH]c(=O)c2cc(Cl)ccc12. The second-order valence-corrected chi connectivity index (χ2v) is 6.12. The molecule has 0 bridgehead atoms. The fourth-order valence-corrected chi connectivity index (χ4v) is 2.63. The van der Waals surface area contributed by atoms with Crippen LogP contribution in [0.2, 0.25) is 5.02 Å². The summed E-state index contributed by atoms with van der Waals surface area (Å²) in [5.74, 6) is 0.262. The van der Waals surface area contributed by atoms with Crippen LogP contribution in [0, 0.1) is 5.92 Å². The number of aromatic nitrogens is 2. The van der Waals surface area contributed by atoms with Crippen molar-refractivity contribution in [2.75, 3.05) is 6.54 Å². The molecule has 0 fully saturated rings. The van der Waals surface area contributed by atoms with Gasteiger partial charge in [0.1, 0.15) is 0 Å². The van der Waals surface area contributed by atoms with Crippen LogP contribution in [0.3, 0.4) is 0 Å². The zero-order valence-corrected chi connectivity index (χ0v) is 13.5. The topological polar surface area (TPSA) is 92.1 Å². The fourth-order valence-electron chi connectivity index (χ4n) is 2.46. The highest BCUT2D eigenvalue weighted by Gasteiger charge is 2.23. The van der Waals surface area contributed by atoms with E-state index in [2.05, 4.69) is 10.2 Å². The third-order valence-electron chi connectivity index (χ3n) is 3.49. The fraction of sp³-hybridized carbons (Fsp3) is 0.400. The monoisotopic (exact) mass is 322 g/mol. The van der Waals surface area contributed by atoms with Crippen molar-refractivity contribution in [1.29, 1.82) is 0 Å². The number of H-pyrrole nitrogens is 1. The molecule has 7 heteroatoms. The molecule has 1 unspecified atom stereocenters. The molecule has 1 aromatic carbocycles. The Hall–Kier alpha value is -2.08. The molecule has 1 aromatic heterocycles. The summed E-state index contributed by atoms with van der Waals surface area (Å²) >= 11 is 5.95. The molecule has 0 aliphatic heterocycles. The smallest absolute Gasteiger partial charge is 0.315 e. The lowest BCUT2D eigenvalue weighted by molar-refractivity contribution is 0.178. The Labute approximate surface area is 133 Å². The van der Waals surface area contributed by atoms with E-state index in [0.29, 0.717) is 28.0 Å². The van der Waals surface area contributed by atoms with Crippen LogP contribution in [0.5, 0.6) is 0 Å². The highest BCUT2D eigenvalue weighted by molar-refractivity contribution is 6.31. The normalized spacial score (nSPS) is 12.6. The number of urea groups is 1. The van der Waals surface area contributed by atoms with Gasteiger partial charge in [0.2, 0.25) is 0 Å². The number of nitrogens with two attached hydrogens (primary N) is 1. The van der Waals surface area contributed by atoms with Crippen LogP contribution >= 0.6 is 11.6 Å². The van der Waals surface area contributed by atoms with Crippen molar-refractivity contribution < 1.29 is 4.79 Å². The van der Waals surface area contributed by atoms with Gasteiger partial charge in [0.15, 0.2) is 0 Å². The molecule has 118 valence electrons. The quantitative estimate of drug-likeness (QED) is 0.906. The molecule has 22 heavy (non-hydrogen) atoms. The Morgan fingerprint density at radius 2 is 2.05 bits per heavy atom. The molecule has 0 aliphatic rings. The largest absolute Gasteiger partial charge is 0.351 e. The lowest BCUT2D eigenvalue weighted by Crippen LogP contribution is -2.40. The van der Waals surface area contributed by atoms with Crippen LogP contribution in [-0.4, -0.2) is 27.7 Å². The summed E-state index contributed by atoms with van der Waals surface area (Å²) in [7, 11) is 0. The minimum absolute atomic E-state index is 0.262. The number of nitrogens with zero attached hydrogens (tertiary/aromatic N) is 2. The van der Waals surface area contributed by atoms with E-state index >= 15 is 0 Å². The average molecular weight is 323 g/mol. The van der Waals surface area contributed by atoms with E-state index in [4.69, 9.17) is 17.3 Å². The van der Waals surface area contributed by atoms with Gasteiger partial charge in [-0.3, -0.25) is 4.79 Å². The zero-order valence-electron chi connectivity index (χ0n) is 12.8. The predicted octanol–water partition coefficient (Wildman–Crippen LogP) is 2.67. The van der Waals surface area contributed by atoms with Gasteiger partial charge in [0, 0.05) is 17.0 Å². The van der Waals surface area contributed by atoms with Crippen molar-refractivity contribution in [2.45, 2.75) is 26.8 Å². The Balaban J connectivity index is 2.56. The zero-order chi connectivity index (χ0) is 16.4. The van der Waals surface area contributed by atoms with Gasteiger partial charge in [-0.05, 0) is 25.0 Å². The number of hydrogen-bond donors (Lipinski definition) is 2. The summed E-state index contributed by atoms with van der Waals surface area (Å²) in [6, 6.07) is 4.14. The number of benzene rings is 1. The van der Waals surface area contributed by atoms with Crippen molar-refractivity contribution in [2.24, 2.45) is 11.7 Å². The lowest BCUT2D eigenvalue weighted by Gasteiger charge is -2.29. The van der Waals surface area contributed by atoms with Crippen molar-refractivity contribution in [1.82, 2.24) is 15.1 Å². The van der Waals surface area contributed by atoms with Crippen molar-refractivity contribution in [3.05, 3.63) is 39.3 Å². The molecular formula is C15H19ClN4O2. The van der Waals surface area contributed by atoms with Gasteiger partial charge < -0.3 is 10.6 Å². The van der Waals surface area contributed by atoms with E-state index in [1.165, 1.54) is 0 Å². The average Bonchev–Trinajstić information content (AvgIpc) is 2.44. The van der Waals surface area contributed by atoms with Gasteiger partial charge in [-0.2, -0.15) is 5.10 Å². The summed E-state index contributed by atoms with van der Waals surface area (Å²) in [4.78, 5) is 25.2. The Kier molecular flexibility index (Phi) is 4.71.